The number of fused-ring (bicyclic) bond motifs is 2. The number of hydrogen-bond donors (Lipinski definition) is 1. The summed E-state index contributed by atoms with van der Waals surface area (Å²) in [5.41, 5.74) is 2.80. The predicted octanol–water partition coefficient (Wildman–Crippen LogP) is 2.68. The Morgan fingerprint density at radius 2 is 2.14 bits per heavy atom. The van der Waals surface area contributed by atoms with Crippen LogP contribution in [0.1, 0.15) is 30.4 Å². The second-order valence-corrected chi connectivity index (χ2v) is 4.95. The lowest BCUT2D eigenvalue weighted by atomic mass is 9.78. The molecule has 2 heteroatoms. The maximum atomic E-state index is 9.98. The van der Waals surface area contributed by atoms with Gasteiger partial charge in [-0.15, -0.1) is 0 Å². The standard InChI is InChI=1S/C12H13ClO/c13-9-2-3-10-8(7-9)1-4-11(14)12(10)5-6-12/h2-3,7,11,14H,1,4-6H2. The first-order chi connectivity index (χ1) is 6.72. The molecule has 1 nitrogen and oxygen atoms in total. The van der Waals surface area contributed by atoms with Crippen LogP contribution >= 0.6 is 11.6 Å². The van der Waals surface area contributed by atoms with Crippen LogP contribution in [-0.4, -0.2) is 11.2 Å². The summed E-state index contributed by atoms with van der Waals surface area (Å²) < 4.78 is 0. The highest BCUT2D eigenvalue weighted by Gasteiger charge is 2.52. The van der Waals surface area contributed by atoms with Gasteiger partial charge in [-0.2, -0.15) is 0 Å². The van der Waals surface area contributed by atoms with E-state index in [2.05, 4.69) is 12.1 Å². The predicted molar refractivity (Wildman–Crippen MR) is 56.7 cm³/mol. The van der Waals surface area contributed by atoms with Crippen molar-refractivity contribution in [1.82, 2.24) is 0 Å². The fourth-order valence-electron chi connectivity index (χ4n) is 2.74. The van der Waals surface area contributed by atoms with Crippen LogP contribution in [0.25, 0.3) is 0 Å². The Bertz CT molecular complexity index is 382. The molecule has 0 amide bonds. The summed E-state index contributed by atoms with van der Waals surface area (Å²) in [5, 5.41) is 10.8. The van der Waals surface area contributed by atoms with Gasteiger partial charge < -0.3 is 5.11 Å². The first-order valence-electron chi connectivity index (χ1n) is 5.19. The van der Waals surface area contributed by atoms with Gasteiger partial charge in [-0.25, -0.2) is 0 Å². The van der Waals surface area contributed by atoms with Gasteiger partial charge in [0.25, 0.3) is 0 Å². The highest BCUT2D eigenvalue weighted by Crippen LogP contribution is 2.55. The Morgan fingerprint density at radius 3 is 2.86 bits per heavy atom. The van der Waals surface area contributed by atoms with Crippen molar-refractivity contribution in [3.05, 3.63) is 34.3 Å². The molecule has 0 bridgehead atoms. The van der Waals surface area contributed by atoms with Crippen molar-refractivity contribution in [3.8, 4) is 0 Å². The van der Waals surface area contributed by atoms with Crippen molar-refractivity contribution >= 4 is 11.6 Å². The van der Waals surface area contributed by atoms with Crippen molar-refractivity contribution in [2.24, 2.45) is 0 Å². The van der Waals surface area contributed by atoms with Crippen LogP contribution in [-0.2, 0) is 11.8 Å². The van der Waals surface area contributed by atoms with Crippen LogP contribution in [0.5, 0.6) is 0 Å². The first kappa shape index (κ1) is 8.75. The third-order valence-corrected chi connectivity index (χ3v) is 3.95. The zero-order valence-electron chi connectivity index (χ0n) is 7.96. The number of aryl methyl sites for hydroxylation is 1. The highest BCUT2D eigenvalue weighted by molar-refractivity contribution is 6.30. The molecule has 14 heavy (non-hydrogen) atoms. The average molecular weight is 209 g/mol. The molecular formula is C12H13ClO. The second-order valence-electron chi connectivity index (χ2n) is 4.51. The normalized spacial score (nSPS) is 27.4. The van der Waals surface area contributed by atoms with Crippen molar-refractivity contribution in [1.29, 1.82) is 0 Å². The van der Waals surface area contributed by atoms with E-state index in [-0.39, 0.29) is 11.5 Å². The van der Waals surface area contributed by atoms with E-state index in [0.717, 1.165) is 30.7 Å². The van der Waals surface area contributed by atoms with Crippen LogP contribution in [0.4, 0.5) is 0 Å². The van der Waals surface area contributed by atoms with E-state index in [4.69, 9.17) is 11.6 Å². The first-order valence-corrected chi connectivity index (χ1v) is 5.57. The van der Waals surface area contributed by atoms with Gasteiger partial charge in [0.05, 0.1) is 6.10 Å². The van der Waals surface area contributed by atoms with Crippen LogP contribution in [0, 0.1) is 0 Å². The molecule has 1 N–H and O–H groups in total. The molecule has 0 radical (unpaired) electrons. The van der Waals surface area contributed by atoms with E-state index >= 15 is 0 Å². The van der Waals surface area contributed by atoms with Crippen LogP contribution in [0.3, 0.4) is 0 Å². The summed E-state index contributed by atoms with van der Waals surface area (Å²) in [7, 11) is 0. The molecule has 1 aromatic rings. The molecule has 0 heterocycles. The van der Waals surface area contributed by atoms with Crippen molar-refractivity contribution in [2.75, 3.05) is 0 Å². The second kappa shape index (κ2) is 2.74. The maximum Gasteiger partial charge on any atom is 0.0640 e. The number of aliphatic hydroxyl groups is 1. The van der Waals surface area contributed by atoms with Gasteiger partial charge in [-0.3, -0.25) is 0 Å². The molecule has 1 saturated carbocycles. The summed E-state index contributed by atoms with van der Waals surface area (Å²) in [6.07, 6.45) is 4.02. The Morgan fingerprint density at radius 1 is 1.36 bits per heavy atom. The number of benzene rings is 1. The number of hydrogen-bond acceptors (Lipinski definition) is 1. The molecule has 1 spiro atoms. The van der Waals surface area contributed by atoms with E-state index in [9.17, 15) is 5.11 Å². The van der Waals surface area contributed by atoms with Gasteiger partial charge in [0.1, 0.15) is 0 Å². The summed E-state index contributed by atoms with van der Waals surface area (Å²) in [6.45, 7) is 0. The van der Waals surface area contributed by atoms with E-state index in [1.54, 1.807) is 0 Å². The summed E-state index contributed by atoms with van der Waals surface area (Å²) in [4.78, 5) is 0. The molecule has 2 aliphatic carbocycles. The lowest BCUT2D eigenvalue weighted by Gasteiger charge is -2.30. The monoisotopic (exact) mass is 208 g/mol. The molecule has 1 atom stereocenters. The van der Waals surface area contributed by atoms with Gasteiger partial charge in [-0.1, -0.05) is 17.7 Å². The van der Waals surface area contributed by atoms with Crippen molar-refractivity contribution in [3.63, 3.8) is 0 Å². The molecule has 1 fully saturated rings. The van der Waals surface area contributed by atoms with Gasteiger partial charge in [0.2, 0.25) is 0 Å². The Hall–Kier alpha value is -0.530. The minimum absolute atomic E-state index is 0.109. The Labute approximate surface area is 88.7 Å². The molecule has 0 aliphatic heterocycles. The quantitative estimate of drug-likeness (QED) is 0.695. The summed E-state index contributed by atoms with van der Waals surface area (Å²) in [5.74, 6) is 0. The zero-order valence-corrected chi connectivity index (χ0v) is 8.72. The van der Waals surface area contributed by atoms with Gasteiger partial charge in [0.15, 0.2) is 0 Å². The molecule has 1 unspecified atom stereocenters. The fraction of sp³-hybridized carbons (Fsp3) is 0.500. The lowest BCUT2D eigenvalue weighted by Crippen LogP contribution is -2.31. The molecule has 0 aromatic heterocycles. The summed E-state index contributed by atoms with van der Waals surface area (Å²) >= 11 is 5.96. The molecule has 3 rings (SSSR count). The van der Waals surface area contributed by atoms with E-state index < -0.39 is 0 Å². The van der Waals surface area contributed by atoms with Crippen molar-refractivity contribution in [2.45, 2.75) is 37.2 Å². The molecule has 0 saturated heterocycles. The van der Waals surface area contributed by atoms with E-state index in [1.165, 1.54) is 11.1 Å². The van der Waals surface area contributed by atoms with E-state index in [0.29, 0.717) is 0 Å². The highest BCUT2D eigenvalue weighted by atomic mass is 35.5. The van der Waals surface area contributed by atoms with Gasteiger partial charge >= 0.3 is 0 Å². The third-order valence-electron chi connectivity index (χ3n) is 3.72. The molecular weight excluding hydrogens is 196 g/mol. The number of aliphatic hydroxyl groups excluding tert-OH is 1. The third kappa shape index (κ3) is 1.06. The minimum atomic E-state index is -0.129. The summed E-state index contributed by atoms with van der Waals surface area (Å²) in [6, 6.07) is 6.11. The van der Waals surface area contributed by atoms with Crippen LogP contribution in [0.2, 0.25) is 5.02 Å². The Kier molecular flexibility index (Phi) is 1.71. The smallest absolute Gasteiger partial charge is 0.0640 e. The largest absolute Gasteiger partial charge is 0.392 e. The fourth-order valence-corrected chi connectivity index (χ4v) is 2.93. The van der Waals surface area contributed by atoms with Gasteiger partial charge in [-0.05, 0) is 48.9 Å². The van der Waals surface area contributed by atoms with Gasteiger partial charge in [0, 0.05) is 10.4 Å². The minimum Gasteiger partial charge on any atom is -0.392 e. The topological polar surface area (TPSA) is 20.2 Å². The SMILES string of the molecule is OC1CCc2cc(Cl)ccc2C12CC2. The van der Waals surface area contributed by atoms with Crippen LogP contribution < -0.4 is 0 Å². The Balaban J connectivity index is 2.14. The number of halogens is 1. The maximum absolute atomic E-state index is 9.98. The number of rotatable bonds is 0. The lowest BCUT2D eigenvalue weighted by molar-refractivity contribution is 0.114. The van der Waals surface area contributed by atoms with E-state index in [1.807, 2.05) is 6.07 Å². The average Bonchev–Trinajstić information content (AvgIpc) is 2.94. The molecule has 74 valence electrons. The zero-order chi connectivity index (χ0) is 9.76. The molecule has 1 aromatic carbocycles. The van der Waals surface area contributed by atoms with Crippen molar-refractivity contribution < 1.29 is 5.11 Å². The molecule has 2 aliphatic rings. The van der Waals surface area contributed by atoms with Crippen LogP contribution in [0.15, 0.2) is 18.2 Å².